The zero-order valence-electron chi connectivity index (χ0n) is 19.9. The number of rotatable bonds is 10. The van der Waals surface area contributed by atoms with E-state index in [1.165, 1.54) is 18.2 Å². The van der Waals surface area contributed by atoms with Crippen LogP contribution in [-0.4, -0.2) is 56.0 Å². The summed E-state index contributed by atoms with van der Waals surface area (Å²) >= 11 is 0. The minimum atomic E-state index is -1.05. The Hall–Kier alpha value is -3.39. The number of ether oxygens (including phenoxy) is 2. The van der Waals surface area contributed by atoms with Gasteiger partial charge < -0.3 is 25.2 Å². The average molecular weight is 481 g/mol. The zero-order chi connectivity index (χ0) is 24.8. The molecule has 2 aromatic carbocycles. The molecule has 4 rings (SSSR count). The van der Waals surface area contributed by atoms with Gasteiger partial charge in [-0.25, -0.2) is 9.59 Å². The minimum Gasteiger partial charge on any atom is -0.479 e. The molecule has 0 aromatic heterocycles. The molecule has 0 heterocycles. The van der Waals surface area contributed by atoms with Gasteiger partial charge in [0.25, 0.3) is 0 Å². The number of benzene rings is 2. The van der Waals surface area contributed by atoms with Gasteiger partial charge in [-0.05, 0) is 41.0 Å². The maximum absolute atomic E-state index is 12.6. The number of amides is 2. The van der Waals surface area contributed by atoms with E-state index >= 15 is 0 Å². The number of carbonyl (C=O) groups excluding carboxylic acids is 2. The molecule has 0 spiro atoms. The molecule has 1 fully saturated rings. The normalized spacial score (nSPS) is 19.5. The number of fused-ring (bicyclic) bond motifs is 3. The summed E-state index contributed by atoms with van der Waals surface area (Å²) in [6.45, 7) is 0.843. The first-order valence-corrected chi connectivity index (χ1v) is 12.1. The third-order valence-electron chi connectivity index (χ3n) is 7.11. The fourth-order valence-corrected chi connectivity index (χ4v) is 5.29. The lowest BCUT2D eigenvalue weighted by atomic mass is 9.95. The first kappa shape index (κ1) is 24.7. The summed E-state index contributed by atoms with van der Waals surface area (Å²) < 4.78 is 10.5. The molecular weight excluding hydrogens is 448 g/mol. The van der Waals surface area contributed by atoms with E-state index in [2.05, 4.69) is 34.9 Å². The molecule has 3 N–H and O–H groups in total. The Morgan fingerprint density at radius 1 is 1.00 bits per heavy atom. The van der Waals surface area contributed by atoms with Gasteiger partial charge in [-0.15, -0.1) is 0 Å². The summed E-state index contributed by atoms with van der Waals surface area (Å²) in [6, 6.07) is 16.4. The first-order valence-electron chi connectivity index (χ1n) is 12.1. The van der Waals surface area contributed by atoms with Crippen LogP contribution in [0.3, 0.4) is 0 Å². The van der Waals surface area contributed by atoms with Gasteiger partial charge in [0.2, 0.25) is 5.91 Å². The molecule has 8 heteroatoms. The van der Waals surface area contributed by atoms with Crippen molar-refractivity contribution in [3.05, 3.63) is 59.7 Å². The van der Waals surface area contributed by atoms with Gasteiger partial charge in [-0.3, -0.25) is 4.79 Å². The van der Waals surface area contributed by atoms with E-state index in [1.54, 1.807) is 0 Å². The lowest BCUT2D eigenvalue weighted by Crippen LogP contribution is -2.39. The number of carbonyl (C=O) groups is 3. The van der Waals surface area contributed by atoms with Crippen LogP contribution in [-0.2, 0) is 19.1 Å². The van der Waals surface area contributed by atoms with E-state index in [-0.39, 0.29) is 43.2 Å². The largest absolute Gasteiger partial charge is 0.479 e. The van der Waals surface area contributed by atoms with Crippen LogP contribution in [0.25, 0.3) is 11.1 Å². The van der Waals surface area contributed by atoms with Gasteiger partial charge in [0.1, 0.15) is 6.61 Å². The van der Waals surface area contributed by atoms with Gasteiger partial charge in [0.05, 0.1) is 0 Å². The fraction of sp³-hybridized carbons (Fsp3) is 0.444. The molecule has 0 saturated heterocycles. The molecule has 2 aliphatic rings. The summed E-state index contributed by atoms with van der Waals surface area (Å²) in [5.41, 5.74) is 4.68. The van der Waals surface area contributed by atoms with E-state index in [1.807, 2.05) is 24.3 Å². The Labute approximate surface area is 205 Å². The molecule has 186 valence electrons. The van der Waals surface area contributed by atoms with Crippen LogP contribution in [0.4, 0.5) is 4.79 Å². The molecule has 0 bridgehead atoms. The third kappa shape index (κ3) is 5.65. The average Bonchev–Trinajstić information content (AvgIpc) is 3.46. The number of aliphatic carboxylic acids is 1. The molecule has 2 aliphatic carbocycles. The molecule has 0 radical (unpaired) electrons. The third-order valence-corrected chi connectivity index (χ3v) is 7.11. The molecule has 1 saturated carbocycles. The topological polar surface area (TPSA) is 114 Å². The number of carboxylic acid groups (broad SMARTS) is 1. The molecule has 3 atom stereocenters. The second kappa shape index (κ2) is 11.4. The number of alkyl carbamates (subject to hydrolysis) is 1. The van der Waals surface area contributed by atoms with E-state index < -0.39 is 18.2 Å². The molecule has 0 aliphatic heterocycles. The van der Waals surface area contributed by atoms with Crippen LogP contribution in [0.5, 0.6) is 0 Å². The van der Waals surface area contributed by atoms with Crippen molar-refractivity contribution < 1.29 is 29.0 Å². The fourth-order valence-electron chi connectivity index (χ4n) is 5.29. The summed E-state index contributed by atoms with van der Waals surface area (Å²) in [5.74, 6) is -1.35. The van der Waals surface area contributed by atoms with Crippen molar-refractivity contribution in [3.8, 4) is 11.1 Å². The van der Waals surface area contributed by atoms with Gasteiger partial charge in [-0.1, -0.05) is 55.0 Å². The first-order chi connectivity index (χ1) is 17.0. The van der Waals surface area contributed by atoms with Crippen molar-refractivity contribution in [3.63, 3.8) is 0 Å². The van der Waals surface area contributed by atoms with E-state index in [4.69, 9.17) is 14.6 Å². The van der Waals surface area contributed by atoms with Crippen molar-refractivity contribution in [2.24, 2.45) is 11.8 Å². The summed E-state index contributed by atoms with van der Waals surface area (Å²) in [4.78, 5) is 36.2. The predicted molar refractivity (Wildman–Crippen MR) is 130 cm³/mol. The lowest BCUT2D eigenvalue weighted by molar-refractivity contribution is -0.149. The Kier molecular flexibility index (Phi) is 8.02. The standard InChI is InChI=1S/C27H32N2O6/c1-34-24(26(31)32)13-14-28-25(30)18-12-6-7-17(18)15-29-27(33)35-16-23-21-10-4-2-8-19(21)20-9-3-5-11-22(20)23/h2-5,8-11,17-18,23-24H,6-7,12-16H2,1H3,(H,28,30)(H,29,33)(H,31,32)/t17-,18-,24?/m0/s1. The van der Waals surface area contributed by atoms with Crippen molar-refractivity contribution in [2.75, 3.05) is 26.8 Å². The number of hydrogen-bond acceptors (Lipinski definition) is 5. The number of nitrogens with one attached hydrogen (secondary N) is 2. The Morgan fingerprint density at radius 2 is 1.66 bits per heavy atom. The van der Waals surface area contributed by atoms with Gasteiger partial charge in [0, 0.05) is 38.5 Å². The number of methoxy groups -OCH3 is 1. The highest BCUT2D eigenvalue weighted by atomic mass is 16.5. The predicted octanol–water partition coefficient (Wildman–Crippen LogP) is 3.55. The Bertz CT molecular complexity index is 1030. The van der Waals surface area contributed by atoms with E-state index in [0.717, 1.165) is 30.4 Å². The molecule has 2 aromatic rings. The van der Waals surface area contributed by atoms with Crippen LogP contribution in [0, 0.1) is 11.8 Å². The van der Waals surface area contributed by atoms with E-state index in [9.17, 15) is 14.4 Å². The Morgan fingerprint density at radius 3 is 2.29 bits per heavy atom. The highest BCUT2D eigenvalue weighted by Gasteiger charge is 2.34. The highest BCUT2D eigenvalue weighted by molar-refractivity contribution is 5.80. The van der Waals surface area contributed by atoms with Crippen molar-refractivity contribution in [1.29, 1.82) is 0 Å². The van der Waals surface area contributed by atoms with Crippen molar-refractivity contribution in [1.82, 2.24) is 10.6 Å². The quantitative estimate of drug-likeness (QED) is 0.479. The van der Waals surface area contributed by atoms with Gasteiger partial charge in [-0.2, -0.15) is 0 Å². The summed E-state index contributed by atoms with van der Waals surface area (Å²) in [5, 5.41) is 14.7. The van der Waals surface area contributed by atoms with Gasteiger partial charge in [0.15, 0.2) is 6.10 Å². The molecule has 1 unspecified atom stereocenters. The summed E-state index contributed by atoms with van der Waals surface area (Å²) in [6.07, 6.45) is 1.28. The smallest absolute Gasteiger partial charge is 0.407 e. The zero-order valence-corrected chi connectivity index (χ0v) is 19.9. The van der Waals surface area contributed by atoms with Crippen LogP contribution in [0.1, 0.15) is 42.7 Å². The highest BCUT2D eigenvalue weighted by Crippen LogP contribution is 2.44. The van der Waals surface area contributed by atoms with Crippen molar-refractivity contribution in [2.45, 2.75) is 37.7 Å². The Balaban J connectivity index is 1.25. The minimum absolute atomic E-state index is 0.000106. The number of hydrogen-bond donors (Lipinski definition) is 3. The maximum atomic E-state index is 12.6. The molecular formula is C27H32N2O6. The lowest BCUT2D eigenvalue weighted by Gasteiger charge is -2.20. The van der Waals surface area contributed by atoms with Crippen LogP contribution < -0.4 is 10.6 Å². The second-order valence-electron chi connectivity index (χ2n) is 9.15. The van der Waals surface area contributed by atoms with E-state index in [0.29, 0.717) is 6.54 Å². The van der Waals surface area contributed by atoms with Crippen LogP contribution in [0.15, 0.2) is 48.5 Å². The van der Waals surface area contributed by atoms with Crippen LogP contribution in [0.2, 0.25) is 0 Å². The maximum Gasteiger partial charge on any atom is 0.407 e. The second-order valence-corrected chi connectivity index (χ2v) is 9.15. The monoisotopic (exact) mass is 480 g/mol. The summed E-state index contributed by atoms with van der Waals surface area (Å²) in [7, 11) is 1.34. The molecule has 2 amide bonds. The SMILES string of the molecule is COC(CCNC(=O)[C@H]1CCC[C@H]1CNC(=O)OCC1c2ccccc2-c2ccccc21)C(=O)O. The number of carboxylic acids is 1. The van der Waals surface area contributed by atoms with Crippen molar-refractivity contribution >= 4 is 18.0 Å². The molecule has 35 heavy (non-hydrogen) atoms. The molecule has 8 nitrogen and oxygen atoms in total. The van der Waals surface area contributed by atoms with Crippen LogP contribution >= 0.6 is 0 Å². The van der Waals surface area contributed by atoms with Gasteiger partial charge >= 0.3 is 12.1 Å².